The molecule has 0 aromatic rings. The summed E-state index contributed by atoms with van der Waals surface area (Å²) in [4.78, 5) is 24.7. The van der Waals surface area contributed by atoms with Crippen LogP contribution in [-0.2, 0) is 9.59 Å². The second kappa shape index (κ2) is 5.93. The van der Waals surface area contributed by atoms with Crippen LogP contribution in [0.25, 0.3) is 0 Å². The first-order chi connectivity index (χ1) is 8.65. The Morgan fingerprint density at radius 3 is 2.72 bits per heavy atom. The van der Waals surface area contributed by atoms with Gasteiger partial charge in [-0.3, -0.25) is 9.59 Å². The van der Waals surface area contributed by atoms with Gasteiger partial charge in [-0.1, -0.05) is 12.8 Å². The summed E-state index contributed by atoms with van der Waals surface area (Å²) < 4.78 is 0. The number of aliphatic hydroxyl groups is 1. The molecule has 0 aromatic heterocycles. The van der Waals surface area contributed by atoms with Crippen LogP contribution in [0.5, 0.6) is 0 Å². The van der Waals surface area contributed by atoms with Crippen LogP contribution in [0.2, 0.25) is 0 Å². The van der Waals surface area contributed by atoms with E-state index in [9.17, 15) is 14.7 Å². The minimum Gasteiger partial charge on any atom is -0.396 e. The Kier molecular flexibility index (Phi) is 4.50. The summed E-state index contributed by atoms with van der Waals surface area (Å²) in [6.45, 7) is 0.802. The van der Waals surface area contributed by atoms with E-state index < -0.39 is 0 Å². The molecule has 2 rings (SSSR count). The molecule has 1 saturated heterocycles. The molecule has 0 radical (unpaired) electrons. The zero-order valence-electron chi connectivity index (χ0n) is 10.5. The maximum Gasteiger partial charge on any atom is 0.239 e. The van der Waals surface area contributed by atoms with E-state index in [0.717, 1.165) is 25.7 Å². The number of carbonyl (C=O) groups is 2. The molecule has 2 amide bonds. The van der Waals surface area contributed by atoms with Crippen LogP contribution in [0.4, 0.5) is 0 Å². The smallest absolute Gasteiger partial charge is 0.239 e. The fourth-order valence-corrected chi connectivity index (χ4v) is 3.48. The lowest BCUT2D eigenvalue weighted by Gasteiger charge is -2.27. The quantitative estimate of drug-likeness (QED) is 0.749. The van der Waals surface area contributed by atoms with Crippen molar-refractivity contribution in [3.63, 3.8) is 0 Å². The fraction of sp³-hybridized carbons (Fsp3) is 0.833. The van der Waals surface area contributed by atoms with Gasteiger partial charge in [0.25, 0.3) is 0 Å². The van der Waals surface area contributed by atoms with Gasteiger partial charge in [-0.05, 0) is 12.8 Å². The Hall–Kier alpha value is -0.750. The number of nitrogens with one attached hydrogen (secondary N) is 1. The van der Waals surface area contributed by atoms with Gasteiger partial charge in [0.1, 0.15) is 6.54 Å². The molecule has 0 bridgehead atoms. The van der Waals surface area contributed by atoms with Crippen LogP contribution in [0.3, 0.4) is 0 Å². The van der Waals surface area contributed by atoms with E-state index in [-0.39, 0.29) is 30.4 Å². The molecular formula is C12H20N2O3S. The topological polar surface area (TPSA) is 69.6 Å². The lowest BCUT2D eigenvalue weighted by atomic mass is 9.87. The number of thioether (sulfide) groups is 1. The number of hydrogen-bond acceptors (Lipinski definition) is 4. The van der Waals surface area contributed by atoms with Crippen molar-refractivity contribution >= 4 is 23.6 Å². The third-order valence-electron chi connectivity index (χ3n) is 3.82. The molecule has 0 atom stereocenters. The summed E-state index contributed by atoms with van der Waals surface area (Å²) in [6, 6.07) is 0. The van der Waals surface area contributed by atoms with E-state index in [0.29, 0.717) is 18.2 Å². The number of amides is 2. The lowest BCUT2D eigenvalue weighted by Crippen LogP contribution is -2.43. The highest BCUT2D eigenvalue weighted by atomic mass is 32.2. The van der Waals surface area contributed by atoms with Gasteiger partial charge >= 0.3 is 0 Å². The summed E-state index contributed by atoms with van der Waals surface area (Å²) >= 11 is 1.54. The summed E-state index contributed by atoms with van der Waals surface area (Å²) in [5.74, 6) is 1.00. The largest absolute Gasteiger partial charge is 0.396 e. The summed E-state index contributed by atoms with van der Waals surface area (Å²) in [5, 5.41) is 12.3. The van der Waals surface area contributed by atoms with Crippen LogP contribution in [0.1, 0.15) is 25.7 Å². The SMILES string of the molecule is O=C(CN1CSCC1=O)NCC1(CO)CCCC1. The van der Waals surface area contributed by atoms with Crippen LogP contribution >= 0.6 is 11.8 Å². The van der Waals surface area contributed by atoms with Gasteiger partial charge in [-0.25, -0.2) is 0 Å². The van der Waals surface area contributed by atoms with Gasteiger partial charge in [0.05, 0.1) is 18.2 Å². The Labute approximate surface area is 111 Å². The maximum atomic E-state index is 11.8. The van der Waals surface area contributed by atoms with Gasteiger partial charge in [0, 0.05) is 12.0 Å². The van der Waals surface area contributed by atoms with E-state index >= 15 is 0 Å². The van der Waals surface area contributed by atoms with E-state index in [1.807, 2.05) is 0 Å². The first kappa shape index (κ1) is 13.7. The molecule has 1 aliphatic heterocycles. The van der Waals surface area contributed by atoms with Crippen molar-refractivity contribution in [2.24, 2.45) is 5.41 Å². The first-order valence-corrected chi connectivity index (χ1v) is 7.54. The Balaban J connectivity index is 1.75. The minimum atomic E-state index is -0.126. The minimum absolute atomic E-state index is 0.0351. The lowest BCUT2D eigenvalue weighted by molar-refractivity contribution is -0.132. The van der Waals surface area contributed by atoms with E-state index in [2.05, 4.69) is 5.32 Å². The van der Waals surface area contributed by atoms with Gasteiger partial charge < -0.3 is 15.3 Å². The second-order valence-corrected chi connectivity index (χ2v) is 6.17. The predicted octanol–water partition coefficient (Wildman–Crippen LogP) is 0.188. The van der Waals surface area contributed by atoms with Crippen molar-refractivity contribution in [3.05, 3.63) is 0 Å². The van der Waals surface area contributed by atoms with Gasteiger partial charge in [-0.15, -0.1) is 11.8 Å². The average Bonchev–Trinajstić information content (AvgIpc) is 2.98. The Bertz CT molecular complexity index is 329. The molecule has 2 fully saturated rings. The predicted molar refractivity (Wildman–Crippen MR) is 70.0 cm³/mol. The standard InChI is InChI=1S/C12H20N2O3S/c15-8-12(3-1-2-4-12)7-13-10(16)5-14-9-18-6-11(14)17/h15H,1-9H2,(H,13,16). The molecule has 1 saturated carbocycles. The maximum absolute atomic E-state index is 11.8. The second-order valence-electron chi connectivity index (χ2n) is 5.21. The third-order valence-corrected chi connectivity index (χ3v) is 4.77. The number of hydrogen-bond donors (Lipinski definition) is 2. The molecule has 0 spiro atoms. The van der Waals surface area contributed by atoms with Crippen LogP contribution in [-0.4, -0.2) is 53.1 Å². The molecule has 0 unspecified atom stereocenters. The Morgan fingerprint density at radius 1 is 1.44 bits per heavy atom. The molecule has 18 heavy (non-hydrogen) atoms. The molecule has 5 nitrogen and oxygen atoms in total. The van der Waals surface area contributed by atoms with Crippen molar-refractivity contribution in [1.29, 1.82) is 0 Å². The van der Waals surface area contributed by atoms with Crippen LogP contribution in [0, 0.1) is 5.41 Å². The van der Waals surface area contributed by atoms with Crippen molar-refractivity contribution < 1.29 is 14.7 Å². The summed E-state index contributed by atoms with van der Waals surface area (Å²) in [6.07, 6.45) is 4.19. The molecule has 102 valence electrons. The number of nitrogens with zero attached hydrogens (tertiary/aromatic N) is 1. The van der Waals surface area contributed by atoms with Crippen molar-refractivity contribution in [2.45, 2.75) is 25.7 Å². The van der Waals surface area contributed by atoms with Crippen LogP contribution in [0.15, 0.2) is 0 Å². The van der Waals surface area contributed by atoms with Crippen molar-refractivity contribution in [1.82, 2.24) is 10.2 Å². The van der Waals surface area contributed by atoms with Crippen LogP contribution < -0.4 is 5.32 Å². The van der Waals surface area contributed by atoms with E-state index in [4.69, 9.17) is 0 Å². The molecule has 6 heteroatoms. The summed E-state index contributed by atoms with van der Waals surface area (Å²) in [7, 11) is 0. The molecule has 2 aliphatic rings. The van der Waals surface area contributed by atoms with Crippen molar-refractivity contribution in [3.8, 4) is 0 Å². The zero-order valence-corrected chi connectivity index (χ0v) is 11.3. The number of aliphatic hydroxyl groups excluding tert-OH is 1. The third kappa shape index (κ3) is 3.17. The molecule has 1 aliphatic carbocycles. The normalized spacial score (nSPS) is 22.5. The highest BCUT2D eigenvalue weighted by Crippen LogP contribution is 2.36. The molecule has 2 N–H and O–H groups in total. The molecule has 0 aromatic carbocycles. The highest BCUT2D eigenvalue weighted by Gasteiger charge is 2.33. The van der Waals surface area contributed by atoms with E-state index in [1.54, 1.807) is 4.90 Å². The monoisotopic (exact) mass is 272 g/mol. The van der Waals surface area contributed by atoms with Gasteiger partial charge in [0.15, 0.2) is 0 Å². The average molecular weight is 272 g/mol. The first-order valence-electron chi connectivity index (χ1n) is 6.38. The number of carbonyl (C=O) groups excluding carboxylic acids is 2. The fourth-order valence-electron chi connectivity index (χ4n) is 2.57. The zero-order chi connectivity index (χ0) is 13.0. The molecular weight excluding hydrogens is 252 g/mol. The van der Waals surface area contributed by atoms with Gasteiger partial charge in [0.2, 0.25) is 11.8 Å². The van der Waals surface area contributed by atoms with Gasteiger partial charge in [-0.2, -0.15) is 0 Å². The highest BCUT2D eigenvalue weighted by molar-refractivity contribution is 8.00. The molecule has 1 heterocycles. The van der Waals surface area contributed by atoms with E-state index in [1.165, 1.54) is 11.8 Å². The Morgan fingerprint density at radius 2 is 2.17 bits per heavy atom. The number of rotatable bonds is 5. The summed E-state index contributed by atoms with van der Waals surface area (Å²) in [5.41, 5.74) is -0.126. The van der Waals surface area contributed by atoms with Crippen molar-refractivity contribution in [2.75, 3.05) is 31.3 Å².